The highest BCUT2D eigenvalue weighted by atomic mass is 32.2. The van der Waals surface area contributed by atoms with Crippen molar-refractivity contribution in [3.05, 3.63) is 35.9 Å². The Kier molecular flexibility index (Phi) is 3.54. The van der Waals surface area contributed by atoms with Crippen LogP contribution in [0.25, 0.3) is 0 Å². The van der Waals surface area contributed by atoms with Gasteiger partial charge in [-0.2, -0.15) is 0 Å². The summed E-state index contributed by atoms with van der Waals surface area (Å²) in [6, 6.07) is 10.6. The van der Waals surface area contributed by atoms with E-state index in [9.17, 15) is 0 Å². The summed E-state index contributed by atoms with van der Waals surface area (Å²) in [6.07, 6.45) is 0. The number of hydrogen-bond acceptors (Lipinski definition) is 3. The van der Waals surface area contributed by atoms with Crippen molar-refractivity contribution < 1.29 is 0 Å². The van der Waals surface area contributed by atoms with Crippen molar-refractivity contribution in [2.75, 3.05) is 12.3 Å². The summed E-state index contributed by atoms with van der Waals surface area (Å²) in [5.74, 6) is 1.16. The Morgan fingerprint density at radius 3 is 2.79 bits per heavy atom. The molecule has 0 saturated carbocycles. The van der Waals surface area contributed by atoms with Crippen LogP contribution in [0.2, 0.25) is 0 Å². The quantitative estimate of drug-likeness (QED) is 0.759. The van der Waals surface area contributed by atoms with E-state index in [0.717, 1.165) is 12.3 Å². The third-order valence-corrected chi connectivity index (χ3v) is 4.47. The van der Waals surface area contributed by atoms with E-state index >= 15 is 0 Å². The second-order valence-corrected chi connectivity index (χ2v) is 5.84. The summed E-state index contributed by atoms with van der Waals surface area (Å²) in [7, 11) is 0. The predicted octanol–water partition coefficient (Wildman–Crippen LogP) is 3.58. The van der Waals surface area contributed by atoms with Gasteiger partial charge in [-0.1, -0.05) is 53.9 Å². The Balaban J connectivity index is 1.99. The van der Waals surface area contributed by atoms with Gasteiger partial charge in [0.15, 0.2) is 0 Å². The van der Waals surface area contributed by atoms with Crippen LogP contribution in [0.15, 0.2) is 35.3 Å². The Hall–Kier alpha value is -0.410. The van der Waals surface area contributed by atoms with Gasteiger partial charge in [0.25, 0.3) is 0 Å². The van der Waals surface area contributed by atoms with E-state index in [2.05, 4.69) is 42.2 Å². The lowest BCUT2D eigenvalue weighted by atomic mass is 10.2. The Morgan fingerprint density at radius 1 is 1.36 bits per heavy atom. The van der Waals surface area contributed by atoms with E-state index in [4.69, 9.17) is 0 Å². The molecule has 0 N–H and O–H groups in total. The fourth-order valence-corrected chi connectivity index (χ4v) is 3.59. The third-order valence-electron chi connectivity index (χ3n) is 2.10. The van der Waals surface area contributed by atoms with Crippen molar-refractivity contribution in [1.29, 1.82) is 0 Å². The molecule has 3 heteroatoms. The topological polar surface area (TPSA) is 12.4 Å². The van der Waals surface area contributed by atoms with Gasteiger partial charge in [-0.15, -0.1) is 0 Å². The van der Waals surface area contributed by atoms with Crippen molar-refractivity contribution in [3.63, 3.8) is 0 Å². The fraction of sp³-hybridized carbons (Fsp3) is 0.364. The molecule has 1 heterocycles. The molecule has 0 saturated heterocycles. The van der Waals surface area contributed by atoms with Crippen molar-refractivity contribution in [2.24, 2.45) is 4.99 Å². The molecule has 74 valence electrons. The number of hydrogen-bond donors (Lipinski definition) is 0. The van der Waals surface area contributed by atoms with Gasteiger partial charge >= 0.3 is 0 Å². The SMILES string of the molecule is CC(SC1=NCCS1)c1ccccc1. The molecule has 1 aliphatic rings. The zero-order valence-electron chi connectivity index (χ0n) is 8.14. The number of aliphatic imine (C=N–C) groups is 1. The first-order valence-corrected chi connectivity index (χ1v) is 6.61. The Bertz CT molecular complexity index is 321. The molecule has 2 rings (SSSR count). The van der Waals surface area contributed by atoms with E-state index in [-0.39, 0.29) is 0 Å². The summed E-state index contributed by atoms with van der Waals surface area (Å²) in [5, 5.41) is 0.514. The largest absolute Gasteiger partial charge is 0.271 e. The molecule has 0 fully saturated rings. The van der Waals surface area contributed by atoms with Crippen LogP contribution < -0.4 is 0 Å². The molecule has 1 aliphatic heterocycles. The molecule has 0 bridgehead atoms. The number of rotatable bonds is 2. The molecule has 1 unspecified atom stereocenters. The van der Waals surface area contributed by atoms with E-state index in [0.29, 0.717) is 5.25 Å². The number of thioether (sulfide) groups is 2. The standard InChI is InChI=1S/C11H13NS2/c1-9(10-5-3-2-4-6-10)14-11-12-7-8-13-11/h2-6,9H,7-8H2,1H3. The minimum atomic E-state index is 0.514. The van der Waals surface area contributed by atoms with Crippen molar-refractivity contribution in [1.82, 2.24) is 0 Å². The van der Waals surface area contributed by atoms with Crippen LogP contribution in [-0.4, -0.2) is 16.7 Å². The molecule has 0 aromatic heterocycles. The van der Waals surface area contributed by atoms with Gasteiger partial charge in [0.2, 0.25) is 0 Å². The minimum Gasteiger partial charge on any atom is -0.271 e. The van der Waals surface area contributed by atoms with Crippen LogP contribution in [0.3, 0.4) is 0 Å². The normalized spacial score (nSPS) is 17.9. The number of nitrogens with zero attached hydrogens (tertiary/aromatic N) is 1. The summed E-state index contributed by atoms with van der Waals surface area (Å²) < 4.78 is 1.25. The predicted molar refractivity (Wildman–Crippen MR) is 67.2 cm³/mol. The van der Waals surface area contributed by atoms with Crippen LogP contribution >= 0.6 is 23.5 Å². The lowest BCUT2D eigenvalue weighted by molar-refractivity contribution is 1.11. The van der Waals surface area contributed by atoms with E-state index in [1.54, 1.807) is 0 Å². The van der Waals surface area contributed by atoms with Gasteiger partial charge in [0, 0.05) is 11.0 Å². The first kappa shape index (κ1) is 10.1. The molecule has 0 aliphatic carbocycles. The molecule has 14 heavy (non-hydrogen) atoms. The summed E-state index contributed by atoms with van der Waals surface area (Å²) >= 11 is 3.75. The van der Waals surface area contributed by atoms with Crippen LogP contribution in [0.5, 0.6) is 0 Å². The van der Waals surface area contributed by atoms with Crippen molar-refractivity contribution in [2.45, 2.75) is 12.2 Å². The van der Waals surface area contributed by atoms with Crippen molar-refractivity contribution in [3.8, 4) is 0 Å². The van der Waals surface area contributed by atoms with Crippen LogP contribution in [-0.2, 0) is 0 Å². The lowest BCUT2D eigenvalue weighted by Crippen LogP contribution is -1.90. The maximum absolute atomic E-state index is 4.44. The zero-order chi connectivity index (χ0) is 9.80. The van der Waals surface area contributed by atoms with E-state index < -0.39 is 0 Å². The average molecular weight is 223 g/mol. The van der Waals surface area contributed by atoms with Gasteiger partial charge in [-0.3, -0.25) is 4.99 Å². The monoisotopic (exact) mass is 223 g/mol. The molecule has 0 spiro atoms. The van der Waals surface area contributed by atoms with E-state index in [1.165, 1.54) is 9.94 Å². The third kappa shape index (κ3) is 2.55. The smallest absolute Gasteiger partial charge is 0.125 e. The van der Waals surface area contributed by atoms with E-state index in [1.807, 2.05) is 23.5 Å². The zero-order valence-corrected chi connectivity index (χ0v) is 9.78. The van der Waals surface area contributed by atoms with Crippen LogP contribution in [0.4, 0.5) is 0 Å². The average Bonchev–Trinajstić information content (AvgIpc) is 2.72. The molecule has 0 radical (unpaired) electrons. The summed E-state index contributed by atoms with van der Waals surface area (Å²) in [6.45, 7) is 3.23. The Labute approximate surface area is 93.4 Å². The second-order valence-electron chi connectivity index (χ2n) is 3.17. The van der Waals surface area contributed by atoms with Gasteiger partial charge < -0.3 is 0 Å². The van der Waals surface area contributed by atoms with Gasteiger partial charge in [0.05, 0.1) is 6.54 Å². The van der Waals surface area contributed by atoms with Crippen LogP contribution in [0.1, 0.15) is 17.7 Å². The summed E-state index contributed by atoms with van der Waals surface area (Å²) in [4.78, 5) is 4.44. The minimum absolute atomic E-state index is 0.514. The molecule has 1 aromatic rings. The summed E-state index contributed by atoms with van der Waals surface area (Å²) in [5.41, 5.74) is 1.38. The van der Waals surface area contributed by atoms with Gasteiger partial charge in [-0.25, -0.2) is 0 Å². The lowest BCUT2D eigenvalue weighted by Gasteiger charge is -2.10. The highest BCUT2D eigenvalue weighted by molar-refractivity contribution is 8.39. The van der Waals surface area contributed by atoms with Gasteiger partial charge in [0.1, 0.15) is 4.38 Å². The first-order chi connectivity index (χ1) is 6.86. The highest BCUT2D eigenvalue weighted by Crippen LogP contribution is 2.34. The Morgan fingerprint density at radius 2 is 2.14 bits per heavy atom. The fourth-order valence-electron chi connectivity index (χ4n) is 1.33. The molecular weight excluding hydrogens is 210 g/mol. The molecule has 1 aromatic carbocycles. The first-order valence-electron chi connectivity index (χ1n) is 4.75. The molecule has 0 amide bonds. The molecular formula is C11H13NS2. The molecule has 1 atom stereocenters. The van der Waals surface area contributed by atoms with Crippen molar-refractivity contribution >= 4 is 27.9 Å². The second kappa shape index (κ2) is 4.89. The number of benzene rings is 1. The highest BCUT2D eigenvalue weighted by Gasteiger charge is 2.13. The van der Waals surface area contributed by atoms with Crippen LogP contribution in [0, 0.1) is 0 Å². The van der Waals surface area contributed by atoms with Gasteiger partial charge in [-0.05, 0) is 12.5 Å². The maximum atomic E-state index is 4.44. The maximum Gasteiger partial charge on any atom is 0.125 e. The molecule has 1 nitrogen and oxygen atoms in total.